The molecule has 1 atom stereocenters. The highest BCUT2D eigenvalue weighted by molar-refractivity contribution is 5.79. The van der Waals surface area contributed by atoms with Crippen LogP contribution in [0.2, 0.25) is 0 Å². The molecule has 0 aliphatic rings. The highest BCUT2D eigenvalue weighted by Gasteiger charge is 2.20. The zero-order valence-electron chi connectivity index (χ0n) is 19.0. The fraction of sp³-hybridized carbons (Fsp3) is 0.250. The second kappa shape index (κ2) is 12.6. The smallest absolute Gasteiger partial charge is 0.335 e. The van der Waals surface area contributed by atoms with Gasteiger partial charge in [0.1, 0.15) is 18.2 Å². The molecule has 3 rings (SSSR count). The molecule has 4 nitrogen and oxygen atoms in total. The molecule has 0 fully saturated rings. The molecule has 0 saturated carbocycles. The maximum absolute atomic E-state index is 13.4. The maximum Gasteiger partial charge on any atom is 0.335 e. The lowest BCUT2D eigenvalue weighted by Crippen LogP contribution is -2.28. The summed E-state index contributed by atoms with van der Waals surface area (Å²) in [5, 5.41) is 0. The number of ether oxygens (including phenoxy) is 3. The van der Waals surface area contributed by atoms with E-state index >= 15 is 0 Å². The van der Waals surface area contributed by atoms with Crippen molar-refractivity contribution in [2.24, 2.45) is 0 Å². The molecule has 0 aromatic heterocycles. The molecule has 0 N–H and O–H groups in total. The van der Waals surface area contributed by atoms with Crippen LogP contribution in [-0.4, -0.2) is 31.9 Å². The van der Waals surface area contributed by atoms with Gasteiger partial charge in [0.2, 0.25) is 0 Å². The van der Waals surface area contributed by atoms with Gasteiger partial charge in [-0.15, -0.1) is 0 Å². The Morgan fingerprint density at radius 2 is 1.55 bits per heavy atom. The summed E-state index contributed by atoms with van der Waals surface area (Å²) in [6, 6.07) is 24.0. The van der Waals surface area contributed by atoms with E-state index in [4.69, 9.17) is 14.2 Å². The molecular weight excluding hydrogens is 419 g/mol. The minimum Gasteiger partial charge on any atom is -0.490 e. The standard InChI is InChI=1S/C28H29FO4/c1-3-31-27(28(30)32-4-2)20-21-10-16-25(17-11-21)33-19-18-26(22-8-6-5-7-9-22)23-12-14-24(29)15-13-23/h5-18,27H,3-4,19-20H2,1-2H3/t27-/m0/s1. The third-order valence-corrected chi connectivity index (χ3v) is 5.04. The first-order valence-electron chi connectivity index (χ1n) is 11.1. The molecular formula is C28H29FO4. The number of carbonyl (C=O) groups excluding carboxylic acids is 1. The van der Waals surface area contributed by atoms with Crippen LogP contribution >= 0.6 is 0 Å². The quantitative estimate of drug-likeness (QED) is 0.345. The molecule has 3 aromatic carbocycles. The van der Waals surface area contributed by atoms with Gasteiger partial charge in [0.25, 0.3) is 0 Å². The molecule has 0 unspecified atom stereocenters. The monoisotopic (exact) mass is 448 g/mol. The molecule has 172 valence electrons. The lowest BCUT2D eigenvalue weighted by molar-refractivity contribution is -0.156. The van der Waals surface area contributed by atoms with Crippen LogP contribution in [0.15, 0.2) is 84.9 Å². The van der Waals surface area contributed by atoms with E-state index in [1.165, 1.54) is 12.1 Å². The molecule has 0 spiro atoms. The van der Waals surface area contributed by atoms with E-state index < -0.39 is 6.10 Å². The molecule has 0 bridgehead atoms. The fourth-order valence-electron chi connectivity index (χ4n) is 3.45. The SMILES string of the molecule is CCOC(=O)[C@H](Cc1ccc(OCC=C(c2ccccc2)c2ccc(F)cc2)cc1)OCC. The number of rotatable bonds is 11. The molecule has 3 aromatic rings. The van der Waals surface area contributed by atoms with Gasteiger partial charge >= 0.3 is 5.97 Å². The maximum atomic E-state index is 13.4. The predicted molar refractivity (Wildman–Crippen MR) is 128 cm³/mol. The van der Waals surface area contributed by atoms with Gasteiger partial charge in [-0.2, -0.15) is 0 Å². The van der Waals surface area contributed by atoms with Crippen LogP contribution in [0.1, 0.15) is 30.5 Å². The van der Waals surface area contributed by atoms with Crippen molar-refractivity contribution in [3.63, 3.8) is 0 Å². The van der Waals surface area contributed by atoms with Gasteiger partial charge in [0.15, 0.2) is 6.10 Å². The molecule has 5 heteroatoms. The van der Waals surface area contributed by atoms with Crippen molar-refractivity contribution in [1.82, 2.24) is 0 Å². The summed E-state index contributed by atoms with van der Waals surface area (Å²) in [4.78, 5) is 12.1. The van der Waals surface area contributed by atoms with Gasteiger partial charge in [-0.1, -0.05) is 54.6 Å². The minimum absolute atomic E-state index is 0.267. The lowest BCUT2D eigenvalue weighted by atomic mass is 9.98. The Hall–Kier alpha value is -3.44. The highest BCUT2D eigenvalue weighted by Crippen LogP contribution is 2.24. The van der Waals surface area contributed by atoms with Gasteiger partial charge in [-0.3, -0.25) is 0 Å². The van der Waals surface area contributed by atoms with Gasteiger partial charge in [0.05, 0.1) is 6.61 Å². The highest BCUT2D eigenvalue weighted by atomic mass is 19.1. The number of halogens is 1. The fourth-order valence-corrected chi connectivity index (χ4v) is 3.45. The number of benzene rings is 3. The average molecular weight is 449 g/mol. The van der Waals surface area contributed by atoms with E-state index in [1.54, 1.807) is 19.1 Å². The summed E-state index contributed by atoms with van der Waals surface area (Å²) in [5.41, 5.74) is 3.88. The third-order valence-electron chi connectivity index (χ3n) is 5.04. The van der Waals surface area contributed by atoms with E-state index in [-0.39, 0.29) is 11.8 Å². The van der Waals surface area contributed by atoms with Crippen LogP contribution in [0.3, 0.4) is 0 Å². The van der Waals surface area contributed by atoms with Crippen molar-refractivity contribution in [3.8, 4) is 5.75 Å². The second-order valence-electron chi connectivity index (χ2n) is 7.35. The van der Waals surface area contributed by atoms with Crippen LogP contribution < -0.4 is 4.74 Å². The summed E-state index contributed by atoms with van der Waals surface area (Å²) >= 11 is 0. The molecule has 0 aliphatic carbocycles. The van der Waals surface area contributed by atoms with E-state index in [1.807, 2.05) is 67.6 Å². The number of hydrogen-bond donors (Lipinski definition) is 0. The summed E-state index contributed by atoms with van der Waals surface area (Å²) in [5.74, 6) is 0.0988. The molecule has 33 heavy (non-hydrogen) atoms. The number of carbonyl (C=O) groups is 1. The Labute approximate surface area is 194 Å². The minimum atomic E-state index is -0.617. The van der Waals surface area contributed by atoms with Crippen molar-refractivity contribution in [3.05, 3.63) is 107 Å². The van der Waals surface area contributed by atoms with Gasteiger partial charge < -0.3 is 14.2 Å². The van der Waals surface area contributed by atoms with E-state index in [9.17, 15) is 9.18 Å². The third kappa shape index (κ3) is 7.29. The molecule has 0 heterocycles. The summed E-state index contributed by atoms with van der Waals surface area (Å²) < 4.78 is 29.9. The van der Waals surface area contributed by atoms with Crippen molar-refractivity contribution in [1.29, 1.82) is 0 Å². The van der Waals surface area contributed by atoms with Crippen molar-refractivity contribution >= 4 is 11.5 Å². The predicted octanol–water partition coefficient (Wildman–Crippen LogP) is 5.85. The lowest BCUT2D eigenvalue weighted by Gasteiger charge is -2.15. The molecule has 0 radical (unpaired) electrons. The first kappa shape index (κ1) is 24.2. The molecule has 0 aliphatic heterocycles. The Morgan fingerprint density at radius 1 is 0.879 bits per heavy atom. The van der Waals surface area contributed by atoms with Crippen molar-refractivity contribution in [2.75, 3.05) is 19.8 Å². The normalized spacial score (nSPS) is 12.3. The molecule has 0 amide bonds. The summed E-state index contributed by atoms with van der Waals surface area (Å²) in [6.45, 7) is 4.75. The first-order chi connectivity index (χ1) is 16.1. The van der Waals surface area contributed by atoms with Crippen LogP contribution in [-0.2, 0) is 20.7 Å². The second-order valence-corrected chi connectivity index (χ2v) is 7.35. The zero-order valence-corrected chi connectivity index (χ0v) is 19.0. The Kier molecular flexibility index (Phi) is 9.21. The van der Waals surface area contributed by atoms with Crippen LogP contribution in [0.4, 0.5) is 4.39 Å². The Bertz CT molecular complexity index is 1030. The van der Waals surface area contributed by atoms with Crippen LogP contribution in [0, 0.1) is 5.82 Å². The van der Waals surface area contributed by atoms with E-state index in [0.29, 0.717) is 32.0 Å². The summed E-state index contributed by atoms with van der Waals surface area (Å²) in [7, 11) is 0. The Balaban J connectivity index is 1.67. The van der Waals surface area contributed by atoms with Gasteiger partial charge in [-0.25, -0.2) is 9.18 Å². The van der Waals surface area contributed by atoms with Gasteiger partial charge in [-0.05, 0) is 66.5 Å². The van der Waals surface area contributed by atoms with Crippen molar-refractivity contribution < 1.29 is 23.4 Å². The first-order valence-corrected chi connectivity index (χ1v) is 11.1. The largest absolute Gasteiger partial charge is 0.490 e. The van der Waals surface area contributed by atoms with Crippen LogP contribution in [0.25, 0.3) is 5.57 Å². The van der Waals surface area contributed by atoms with Crippen LogP contribution in [0.5, 0.6) is 5.75 Å². The summed E-state index contributed by atoms with van der Waals surface area (Å²) in [6.07, 6.45) is 1.81. The Morgan fingerprint density at radius 3 is 2.18 bits per heavy atom. The zero-order chi connectivity index (χ0) is 23.5. The molecule has 0 saturated heterocycles. The van der Waals surface area contributed by atoms with Gasteiger partial charge in [0, 0.05) is 13.0 Å². The van der Waals surface area contributed by atoms with E-state index in [0.717, 1.165) is 22.3 Å². The topological polar surface area (TPSA) is 44.8 Å². The van der Waals surface area contributed by atoms with Crippen molar-refractivity contribution in [2.45, 2.75) is 26.4 Å². The number of hydrogen-bond acceptors (Lipinski definition) is 4. The number of esters is 1. The van der Waals surface area contributed by atoms with E-state index in [2.05, 4.69) is 0 Å². The average Bonchev–Trinajstić information content (AvgIpc) is 2.84.